The number of para-hydroxylation sites is 2. The number of hydrogen-bond acceptors (Lipinski definition) is 0. The molecule has 0 aliphatic carbocycles. The van der Waals surface area contributed by atoms with Crippen LogP contribution in [0.3, 0.4) is 0 Å². The van der Waals surface area contributed by atoms with Crippen LogP contribution in [0.25, 0.3) is 10.9 Å². The van der Waals surface area contributed by atoms with Crippen molar-refractivity contribution in [2.45, 2.75) is 25.7 Å². The number of aromatic nitrogens is 1. The summed E-state index contributed by atoms with van der Waals surface area (Å²) in [6, 6.07) is 19.3. The molecule has 2 heteroatoms. The van der Waals surface area contributed by atoms with Crippen molar-refractivity contribution in [1.29, 1.82) is 0 Å². The van der Waals surface area contributed by atoms with Gasteiger partial charge in [-0.2, -0.15) is 4.58 Å². The molecule has 0 atom stereocenters. The first-order valence-corrected chi connectivity index (χ1v) is 9.18. The highest BCUT2D eigenvalue weighted by atomic mass is 15.0. The second-order valence-corrected chi connectivity index (χ2v) is 7.46. The fourth-order valence-electron chi connectivity index (χ4n) is 3.97. The second-order valence-electron chi connectivity index (χ2n) is 7.46. The van der Waals surface area contributed by atoms with Crippen molar-refractivity contribution in [3.05, 3.63) is 90.2 Å². The zero-order valence-corrected chi connectivity index (χ0v) is 15.7. The average Bonchev–Trinajstić information content (AvgIpc) is 3.14. The Morgan fingerprint density at radius 2 is 1.77 bits per heavy atom. The minimum Gasteiger partial charge on any atom is -0.358 e. The number of H-pyrrole nitrogens is 1. The topological polar surface area (TPSA) is 18.8 Å². The third-order valence-corrected chi connectivity index (χ3v) is 5.37. The number of allylic oxidation sites excluding steroid dienone is 4. The molecule has 0 amide bonds. The van der Waals surface area contributed by atoms with E-state index in [1.807, 2.05) is 0 Å². The summed E-state index contributed by atoms with van der Waals surface area (Å²) in [5.41, 5.74) is 6.51. The van der Waals surface area contributed by atoms with Crippen molar-refractivity contribution < 1.29 is 4.58 Å². The summed E-state index contributed by atoms with van der Waals surface area (Å²) in [7, 11) is 2.15. The van der Waals surface area contributed by atoms with Gasteiger partial charge in [-0.05, 0) is 31.4 Å². The van der Waals surface area contributed by atoms with Gasteiger partial charge >= 0.3 is 0 Å². The van der Waals surface area contributed by atoms with E-state index in [-0.39, 0.29) is 5.41 Å². The summed E-state index contributed by atoms with van der Waals surface area (Å²) in [6.45, 7) is 4.59. The lowest BCUT2D eigenvalue weighted by atomic mass is 9.81. The van der Waals surface area contributed by atoms with Gasteiger partial charge in [0.1, 0.15) is 7.05 Å². The quantitative estimate of drug-likeness (QED) is 0.475. The van der Waals surface area contributed by atoms with Crippen LogP contribution in [0.5, 0.6) is 0 Å². The molecule has 0 saturated carbocycles. The normalized spacial score (nSPS) is 16.3. The molecule has 1 aliphatic rings. The molecule has 2 aromatic carbocycles. The standard InChI is InChI=1S/C24H25N2/c1-24(2)20-13-8-10-15-22(20)26(3)23(24)16-6-4-5-12-19-17-18-11-7-9-14-21(18)25-19/h4-11,13-17,25H,12H2,1-3H3/q+1/b5-4+,16-6+. The maximum absolute atomic E-state index is 3.47. The monoisotopic (exact) mass is 341 g/mol. The molecule has 1 aliphatic heterocycles. The van der Waals surface area contributed by atoms with E-state index in [1.54, 1.807) is 0 Å². The van der Waals surface area contributed by atoms with Gasteiger partial charge in [0.2, 0.25) is 5.69 Å². The third kappa shape index (κ3) is 2.82. The Morgan fingerprint density at radius 3 is 2.58 bits per heavy atom. The van der Waals surface area contributed by atoms with Gasteiger partial charge in [0.25, 0.3) is 0 Å². The molecular formula is C24H25N2+. The highest BCUT2D eigenvalue weighted by molar-refractivity contribution is 6.03. The molecule has 2 heterocycles. The van der Waals surface area contributed by atoms with Gasteiger partial charge in [0, 0.05) is 35.3 Å². The summed E-state index contributed by atoms with van der Waals surface area (Å²) >= 11 is 0. The van der Waals surface area contributed by atoms with E-state index in [4.69, 9.17) is 0 Å². The van der Waals surface area contributed by atoms with Crippen LogP contribution in [0.1, 0.15) is 25.1 Å². The number of nitrogens with zero attached hydrogens (tertiary/aromatic N) is 1. The fourth-order valence-corrected chi connectivity index (χ4v) is 3.97. The number of benzene rings is 2. The maximum atomic E-state index is 3.47. The lowest BCUT2D eigenvalue weighted by molar-refractivity contribution is -0.401. The van der Waals surface area contributed by atoms with Crippen LogP contribution < -0.4 is 0 Å². The number of fused-ring (bicyclic) bond motifs is 2. The van der Waals surface area contributed by atoms with Crippen LogP contribution in [0.2, 0.25) is 0 Å². The molecular weight excluding hydrogens is 316 g/mol. The molecule has 0 unspecified atom stereocenters. The van der Waals surface area contributed by atoms with Crippen LogP contribution in [-0.4, -0.2) is 22.3 Å². The molecule has 0 spiro atoms. The van der Waals surface area contributed by atoms with E-state index in [9.17, 15) is 0 Å². The Morgan fingerprint density at radius 1 is 1.00 bits per heavy atom. The van der Waals surface area contributed by atoms with Crippen molar-refractivity contribution in [2.24, 2.45) is 0 Å². The number of nitrogens with one attached hydrogen (secondary N) is 1. The van der Waals surface area contributed by atoms with E-state index in [1.165, 1.54) is 33.6 Å². The lowest BCUT2D eigenvalue weighted by Crippen LogP contribution is -2.26. The van der Waals surface area contributed by atoms with Gasteiger partial charge < -0.3 is 4.98 Å². The minimum absolute atomic E-state index is 0.0346. The first kappa shape index (κ1) is 16.6. The van der Waals surface area contributed by atoms with Crippen LogP contribution in [0.4, 0.5) is 5.69 Å². The summed E-state index contributed by atoms with van der Waals surface area (Å²) in [5, 5.41) is 1.27. The van der Waals surface area contributed by atoms with Crippen LogP contribution in [0, 0.1) is 0 Å². The minimum atomic E-state index is 0.0346. The summed E-state index contributed by atoms with van der Waals surface area (Å²) in [4.78, 5) is 3.47. The Balaban J connectivity index is 1.48. The zero-order valence-electron chi connectivity index (χ0n) is 15.7. The van der Waals surface area contributed by atoms with E-state index >= 15 is 0 Å². The first-order chi connectivity index (χ1) is 12.6. The Bertz CT molecular complexity index is 1010. The van der Waals surface area contributed by atoms with E-state index in [0.29, 0.717) is 0 Å². The Hall–Kier alpha value is -2.87. The lowest BCUT2D eigenvalue weighted by Gasteiger charge is -2.14. The smallest absolute Gasteiger partial charge is 0.209 e. The molecule has 0 saturated heterocycles. The SMILES string of the molecule is C[N+]1=C(/C=C/C=C/Cc2cc3ccccc3[nH]2)C(C)(C)c2ccccc21. The van der Waals surface area contributed by atoms with Gasteiger partial charge in [-0.3, -0.25) is 0 Å². The molecule has 0 radical (unpaired) electrons. The highest BCUT2D eigenvalue weighted by Crippen LogP contribution is 2.38. The van der Waals surface area contributed by atoms with E-state index in [0.717, 1.165) is 6.42 Å². The summed E-state index contributed by atoms with van der Waals surface area (Å²) in [5.74, 6) is 0. The molecule has 26 heavy (non-hydrogen) atoms. The molecule has 1 N–H and O–H groups in total. The molecule has 3 aromatic rings. The number of rotatable bonds is 4. The molecule has 0 fully saturated rings. The predicted molar refractivity (Wildman–Crippen MR) is 111 cm³/mol. The van der Waals surface area contributed by atoms with Gasteiger partial charge in [0.15, 0.2) is 5.71 Å². The van der Waals surface area contributed by atoms with Crippen LogP contribution in [-0.2, 0) is 11.8 Å². The van der Waals surface area contributed by atoms with Crippen LogP contribution >= 0.6 is 0 Å². The molecule has 2 nitrogen and oxygen atoms in total. The Kier molecular flexibility index (Phi) is 4.12. The van der Waals surface area contributed by atoms with Crippen molar-refractivity contribution in [3.8, 4) is 0 Å². The van der Waals surface area contributed by atoms with Crippen molar-refractivity contribution in [1.82, 2.24) is 4.98 Å². The average molecular weight is 341 g/mol. The Labute approximate surface area is 155 Å². The summed E-state index contributed by atoms with van der Waals surface area (Å²) < 4.78 is 2.30. The summed E-state index contributed by atoms with van der Waals surface area (Å²) in [6.07, 6.45) is 9.65. The molecule has 0 bridgehead atoms. The maximum Gasteiger partial charge on any atom is 0.209 e. The predicted octanol–water partition coefficient (Wildman–Crippen LogP) is 5.53. The first-order valence-electron chi connectivity index (χ1n) is 9.18. The number of hydrogen-bond donors (Lipinski definition) is 1. The highest BCUT2D eigenvalue weighted by Gasteiger charge is 2.42. The molecule has 1 aromatic heterocycles. The van der Waals surface area contributed by atoms with Gasteiger partial charge in [-0.15, -0.1) is 0 Å². The molecule has 4 rings (SSSR count). The van der Waals surface area contributed by atoms with Crippen molar-refractivity contribution in [3.63, 3.8) is 0 Å². The zero-order chi connectivity index (χ0) is 18.1. The fraction of sp³-hybridized carbons (Fsp3) is 0.208. The van der Waals surface area contributed by atoms with Gasteiger partial charge in [-0.1, -0.05) is 54.6 Å². The van der Waals surface area contributed by atoms with Crippen LogP contribution in [0.15, 0.2) is 78.9 Å². The second kappa shape index (κ2) is 6.45. The largest absolute Gasteiger partial charge is 0.358 e. The third-order valence-electron chi connectivity index (χ3n) is 5.37. The van der Waals surface area contributed by atoms with Crippen molar-refractivity contribution >= 4 is 22.3 Å². The molecule has 130 valence electrons. The van der Waals surface area contributed by atoms with Crippen molar-refractivity contribution in [2.75, 3.05) is 7.05 Å². The number of aromatic amines is 1. The van der Waals surface area contributed by atoms with E-state index < -0.39 is 0 Å². The van der Waals surface area contributed by atoms with E-state index in [2.05, 4.69) is 109 Å². The van der Waals surface area contributed by atoms with Gasteiger partial charge in [-0.25, -0.2) is 0 Å². The van der Waals surface area contributed by atoms with Gasteiger partial charge in [0.05, 0.1) is 5.41 Å².